The van der Waals surface area contributed by atoms with Crippen molar-refractivity contribution in [1.29, 1.82) is 0 Å². The number of nitrogens with two attached hydrogens (primary N) is 1. The highest BCUT2D eigenvalue weighted by Gasteiger charge is 2.29. The summed E-state index contributed by atoms with van der Waals surface area (Å²) in [6.07, 6.45) is 2.89. The Morgan fingerprint density at radius 1 is 1.35 bits per heavy atom. The maximum Gasteiger partial charge on any atom is 0.239 e. The molecule has 1 aliphatic rings. The summed E-state index contributed by atoms with van der Waals surface area (Å²) in [5, 5.41) is 0. The largest absolute Gasteiger partial charge is 0.385 e. The van der Waals surface area contributed by atoms with Crippen molar-refractivity contribution in [2.75, 3.05) is 40.9 Å². The molecule has 0 radical (unpaired) electrons. The van der Waals surface area contributed by atoms with Crippen molar-refractivity contribution in [2.45, 2.75) is 31.7 Å². The summed E-state index contributed by atoms with van der Waals surface area (Å²) in [6.45, 7) is 1.88. The topological polar surface area (TPSA) is 75.9 Å². The van der Waals surface area contributed by atoms with Crippen LogP contribution in [-0.2, 0) is 14.3 Å². The van der Waals surface area contributed by atoms with E-state index in [1.807, 2.05) is 0 Å². The van der Waals surface area contributed by atoms with E-state index < -0.39 is 6.04 Å². The number of ether oxygens (including phenoxy) is 1. The van der Waals surface area contributed by atoms with Gasteiger partial charge in [0.1, 0.15) is 0 Å². The van der Waals surface area contributed by atoms with Gasteiger partial charge in [-0.15, -0.1) is 0 Å². The summed E-state index contributed by atoms with van der Waals surface area (Å²) in [5.41, 5.74) is 5.91. The minimum absolute atomic E-state index is 0.00291. The van der Waals surface area contributed by atoms with Crippen LogP contribution in [0.1, 0.15) is 25.7 Å². The first kappa shape index (κ1) is 16.9. The molecule has 1 aliphatic heterocycles. The molecular formula is C14H27N3O3. The molecule has 0 aromatic carbocycles. The van der Waals surface area contributed by atoms with E-state index in [0.29, 0.717) is 26.1 Å². The average molecular weight is 285 g/mol. The van der Waals surface area contributed by atoms with Crippen LogP contribution in [0.3, 0.4) is 0 Å². The van der Waals surface area contributed by atoms with Crippen LogP contribution in [-0.4, -0.2) is 68.6 Å². The Balaban J connectivity index is 2.37. The molecule has 6 nitrogen and oxygen atoms in total. The molecule has 0 saturated carbocycles. The molecule has 1 fully saturated rings. The number of piperidine rings is 1. The van der Waals surface area contributed by atoms with Crippen LogP contribution in [0.25, 0.3) is 0 Å². The third-order valence-corrected chi connectivity index (χ3v) is 3.78. The molecular weight excluding hydrogens is 258 g/mol. The molecule has 1 saturated heterocycles. The number of nitrogens with zero attached hydrogens (tertiary/aromatic N) is 2. The van der Waals surface area contributed by atoms with E-state index in [1.165, 1.54) is 0 Å². The Labute approximate surface area is 121 Å². The van der Waals surface area contributed by atoms with E-state index in [-0.39, 0.29) is 17.7 Å². The van der Waals surface area contributed by atoms with Crippen molar-refractivity contribution in [3.8, 4) is 0 Å². The van der Waals surface area contributed by atoms with Gasteiger partial charge in [-0.3, -0.25) is 9.59 Å². The van der Waals surface area contributed by atoms with E-state index in [9.17, 15) is 9.59 Å². The van der Waals surface area contributed by atoms with Crippen LogP contribution in [0.4, 0.5) is 0 Å². The SMILES string of the molecule is COCCCC(N)C(=O)N1CCC(C(=O)N(C)C)CC1. The molecule has 1 atom stereocenters. The summed E-state index contributed by atoms with van der Waals surface area (Å²) in [7, 11) is 5.18. The first-order chi connectivity index (χ1) is 9.47. The third-order valence-electron chi connectivity index (χ3n) is 3.78. The molecule has 20 heavy (non-hydrogen) atoms. The van der Waals surface area contributed by atoms with E-state index in [0.717, 1.165) is 19.3 Å². The lowest BCUT2D eigenvalue weighted by Crippen LogP contribution is -2.48. The molecule has 0 aliphatic carbocycles. The maximum absolute atomic E-state index is 12.2. The number of hydrogen-bond acceptors (Lipinski definition) is 4. The number of carbonyl (C=O) groups is 2. The van der Waals surface area contributed by atoms with Crippen LogP contribution in [0.15, 0.2) is 0 Å². The maximum atomic E-state index is 12.2. The summed E-state index contributed by atoms with van der Waals surface area (Å²) < 4.78 is 4.96. The fourth-order valence-electron chi connectivity index (χ4n) is 2.52. The molecule has 0 bridgehead atoms. The highest BCUT2D eigenvalue weighted by Crippen LogP contribution is 2.19. The first-order valence-electron chi connectivity index (χ1n) is 7.21. The second kappa shape index (κ2) is 8.21. The van der Waals surface area contributed by atoms with E-state index in [4.69, 9.17) is 10.5 Å². The highest BCUT2D eigenvalue weighted by atomic mass is 16.5. The normalized spacial score (nSPS) is 17.9. The van der Waals surface area contributed by atoms with Gasteiger partial charge >= 0.3 is 0 Å². The van der Waals surface area contributed by atoms with Crippen molar-refractivity contribution in [3.63, 3.8) is 0 Å². The molecule has 1 rings (SSSR count). The number of methoxy groups -OCH3 is 1. The van der Waals surface area contributed by atoms with Gasteiger partial charge in [-0.25, -0.2) is 0 Å². The number of amides is 2. The van der Waals surface area contributed by atoms with Crippen LogP contribution >= 0.6 is 0 Å². The Hall–Kier alpha value is -1.14. The lowest BCUT2D eigenvalue weighted by atomic mass is 9.95. The summed E-state index contributed by atoms with van der Waals surface area (Å²) in [4.78, 5) is 27.4. The molecule has 116 valence electrons. The van der Waals surface area contributed by atoms with Gasteiger partial charge in [0, 0.05) is 46.8 Å². The van der Waals surface area contributed by atoms with Crippen molar-refractivity contribution < 1.29 is 14.3 Å². The Morgan fingerprint density at radius 3 is 2.45 bits per heavy atom. The molecule has 0 aromatic rings. The molecule has 6 heteroatoms. The molecule has 2 amide bonds. The Kier molecular flexibility index (Phi) is 6.95. The predicted octanol–water partition coefficient (Wildman–Crippen LogP) is 0.0671. The second-order valence-corrected chi connectivity index (χ2v) is 5.57. The summed E-state index contributed by atoms with van der Waals surface area (Å²) in [6, 6.07) is -0.453. The Morgan fingerprint density at radius 2 is 1.95 bits per heavy atom. The molecule has 2 N–H and O–H groups in total. The molecule has 1 heterocycles. The molecule has 0 aromatic heterocycles. The van der Waals surface area contributed by atoms with Gasteiger partial charge in [0.15, 0.2) is 0 Å². The van der Waals surface area contributed by atoms with Crippen molar-refractivity contribution in [2.24, 2.45) is 11.7 Å². The van der Waals surface area contributed by atoms with E-state index >= 15 is 0 Å². The average Bonchev–Trinajstić information content (AvgIpc) is 2.46. The lowest BCUT2D eigenvalue weighted by Gasteiger charge is -2.33. The zero-order chi connectivity index (χ0) is 15.1. The fraction of sp³-hybridized carbons (Fsp3) is 0.857. The zero-order valence-electron chi connectivity index (χ0n) is 12.8. The van der Waals surface area contributed by atoms with Crippen LogP contribution < -0.4 is 5.73 Å². The van der Waals surface area contributed by atoms with Crippen molar-refractivity contribution >= 4 is 11.8 Å². The predicted molar refractivity (Wildman–Crippen MR) is 77.1 cm³/mol. The van der Waals surface area contributed by atoms with Gasteiger partial charge in [-0.1, -0.05) is 0 Å². The monoisotopic (exact) mass is 285 g/mol. The van der Waals surface area contributed by atoms with Gasteiger partial charge in [-0.05, 0) is 25.7 Å². The molecule has 1 unspecified atom stereocenters. The summed E-state index contributed by atoms with van der Waals surface area (Å²) in [5.74, 6) is 0.192. The van der Waals surface area contributed by atoms with E-state index in [1.54, 1.807) is 31.0 Å². The number of hydrogen-bond donors (Lipinski definition) is 1. The van der Waals surface area contributed by atoms with E-state index in [2.05, 4.69) is 0 Å². The number of rotatable bonds is 6. The second-order valence-electron chi connectivity index (χ2n) is 5.57. The standard InChI is InChI=1S/C14H27N3O3/c1-16(2)13(18)11-6-8-17(9-7-11)14(19)12(15)5-4-10-20-3/h11-12H,4-10,15H2,1-3H3. The smallest absolute Gasteiger partial charge is 0.239 e. The third kappa shape index (κ3) is 4.76. The Bertz CT molecular complexity index is 326. The van der Waals surface area contributed by atoms with Crippen molar-refractivity contribution in [1.82, 2.24) is 9.80 Å². The van der Waals surface area contributed by atoms with Gasteiger partial charge in [-0.2, -0.15) is 0 Å². The fourth-order valence-corrected chi connectivity index (χ4v) is 2.52. The lowest BCUT2D eigenvalue weighted by molar-refractivity contribution is -0.139. The van der Waals surface area contributed by atoms with Crippen molar-refractivity contribution in [3.05, 3.63) is 0 Å². The van der Waals surface area contributed by atoms with Gasteiger partial charge < -0.3 is 20.3 Å². The van der Waals surface area contributed by atoms with Crippen LogP contribution in [0, 0.1) is 5.92 Å². The first-order valence-corrected chi connectivity index (χ1v) is 7.21. The zero-order valence-corrected chi connectivity index (χ0v) is 12.8. The minimum Gasteiger partial charge on any atom is -0.385 e. The van der Waals surface area contributed by atoms with Gasteiger partial charge in [0.05, 0.1) is 6.04 Å². The quantitative estimate of drug-likeness (QED) is 0.701. The molecule has 0 spiro atoms. The van der Waals surface area contributed by atoms with Gasteiger partial charge in [0.25, 0.3) is 0 Å². The highest BCUT2D eigenvalue weighted by molar-refractivity contribution is 5.82. The van der Waals surface area contributed by atoms with Crippen LogP contribution in [0.5, 0.6) is 0 Å². The van der Waals surface area contributed by atoms with Gasteiger partial charge in [0.2, 0.25) is 11.8 Å². The number of likely N-dealkylation sites (tertiary alicyclic amines) is 1. The van der Waals surface area contributed by atoms with Crippen LogP contribution in [0.2, 0.25) is 0 Å². The minimum atomic E-state index is -0.453. The number of carbonyl (C=O) groups excluding carboxylic acids is 2. The summed E-state index contributed by atoms with van der Waals surface area (Å²) >= 11 is 0.